The highest BCUT2D eigenvalue weighted by atomic mass is 32.1. The molecule has 0 unspecified atom stereocenters. The largest absolute Gasteiger partial charge is 0.362 e. The summed E-state index contributed by atoms with van der Waals surface area (Å²) in [6.45, 7) is 1.67. The van der Waals surface area contributed by atoms with E-state index in [1.807, 2.05) is 6.07 Å². The summed E-state index contributed by atoms with van der Waals surface area (Å²) in [5.74, 6) is 0. The van der Waals surface area contributed by atoms with Crippen LogP contribution in [0.25, 0.3) is 0 Å². The molecule has 0 spiro atoms. The van der Waals surface area contributed by atoms with Crippen LogP contribution in [0.15, 0.2) is 60.7 Å². The molecule has 0 saturated carbocycles. The molecule has 122 valence electrons. The molecular formula is C19H26N3S+. The number of hydrogen-bond acceptors (Lipinski definition) is 1. The van der Waals surface area contributed by atoms with Crippen molar-refractivity contribution in [1.82, 2.24) is 10.6 Å². The Morgan fingerprint density at radius 2 is 1.57 bits per heavy atom. The van der Waals surface area contributed by atoms with Crippen LogP contribution in [0, 0.1) is 0 Å². The van der Waals surface area contributed by atoms with Crippen molar-refractivity contribution in [3.8, 4) is 0 Å². The van der Waals surface area contributed by atoms with Crippen molar-refractivity contribution in [2.75, 3.05) is 27.2 Å². The molecular weight excluding hydrogens is 302 g/mol. The summed E-state index contributed by atoms with van der Waals surface area (Å²) in [6.07, 6.45) is 0.976. The molecule has 2 rings (SSSR count). The van der Waals surface area contributed by atoms with E-state index in [-0.39, 0.29) is 0 Å². The summed E-state index contributed by atoms with van der Waals surface area (Å²) in [5.41, 5.74) is 2.65. The van der Waals surface area contributed by atoms with Crippen LogP contribution in [0.5, 0.6) is 0 Å². The lowest BCUT2D eigenvalue weighted by Gasteiger charge is -2.23. The minimum atomic E-state index is 0.380. The molecule has 0 amide bonds. The Morgan fingerprint density at radius 3 is 2.17 bits per heavy atom. The lowest BCUT2D eigenvalue weighted by Crippen LogP contribution is -3.07. The first-order chi connectivity index (χ1) is 11.2. The molecule has 0 bridgehead atoms. The van der Waals surface area contributed by atoms with E-state index in [1.54, 1.807) is 0 Å². The summed E-state index contributed by atoms with van der Waals surface area (Å²) in [4.78, 5) is 1.38. The molecule has 4 heteroatoms. The standard InChI is InChI=1S/C19H25N3S/c1-22(2)18(17-11-7-4-8-12-17)15-21-19(23)20-14-13-16-9-5-3-6-10-16/h3-12,18H,13-15H2,1-2H3,(H2,20,21,23)/p+1/t18-/m1/s1. The van der Waals surface area contributed by atoms with Gasteiger partial charge in [0.1, 0.15) is 6.04 Å². The SMILES string of the molecule is C[NH+](C)[C@H](CNC(=S)NCCc1ccccc1)c1ccccc1. The van der Waals surface area contributed by atoms with Crippen molar-refractivity contribution in [2.24, 2.45) is 0 Å². The third-order valence-corrected chi connectivity index (χ3v) is 4.20. The molecule has 3 nitrogen and oxygen atoms in total. The summed E-state index contributed by atoms with van der Waals surface area (Å²) < 4.78 is 0. The van der Waals surface area contributed by atoms with Gasteiger partial charge in [0.25, 0.3) is 0 Å². The summed E-state index contributed by atoms with van der Waals surface area (Å²) in [6, 6.07) is 21.4. The highest BCUT2D eigenvalue weighted by molar-refractivity contribution is 7.80. The van der Waals surface area contributed by atoms with Crippen molar-refractivity contribution < 1.29 is 4.90 Å². The van der Waals surface area contributed by atoms with Gasteiger partial charge < -0.3 is 15.5 Å². The van der Waals surface area contributed by atoms with Gasteiger partial charge in [0.05, 0.1) is 20.6 Å². The summed E-state index contributed by atoms with van der Waals surface area (Å²) >= 11 is 5.39. The maximum Gasteiger partial charge on any atom is 0.166 e. The second-order valence-electron chi connectivity index (χ2n) is 5.91. The van der Waals surface area contributed by atoms with E-state index in [9.17, 15) is 0 Å². The van der Waals surface area contributed by atoms with E-state index in [0.717, 1.165) is 24.6 Å². The van der Waals surface area contributed by atoms with Gasteiger partial charge in [0.15, 0.2) is 5.11 Å². The Hall–Kier alpha value is -1.91. The number of benzene rings is 2. The molecule has 2 aromatic carbocycles. The molecule has 0 saturated heterocycles. The van der Waals surface area contributed by atoms with E-state index in [1.165, 1.54) is 16.0 Å². The maximum absolute atomic E-state index is 5.39. The number of thiocarbonyl (C=S) groups is 1. The second-order valence-corrected chi connectivity index (χ2v) is 6.32. The molecule has 1 atom stereocenters. The molecule has 0 fully saturated rings. The molecule has 23 heavy (non-hydrogen) atoms. The Bertz CT molecular complexity index is 584. The van der Waals surface area contributed by atoms with Crippen LogP contribution in [0.1, 0.15) is 17.2 Å². The zero-order valence-electron chi connectivity index (χ0n) is 13.9. The van der Waals surface area contributed by atoms with Crippen molar-refractivity contribution in [1.29, 1.82) is 0 Å². The van der Waals surface area contributed by atoms with E-state index >= 15 is 0 Å². The number of quaternary nitrogens is 1. The minimum Gasteiger partial charge on any atom is -0.362 e. The Balaban J connectivity index is 1.76. The molecule has 3 N–H and O–H groups in total. The predicted octanol–water partition coefficient (Wildman–Crippen LogP) is 1.58. The highest BCUT2D eigenvalue weighted by Crippen LogP contribution is 2.07. The van der Waals surface area contributed by atoms with Gasteiger partial charge in [-0.05, 0) is 24.2 Å². The van der Waals surface area contributed by atoms with Gasteiger partial charge in [-0.3, -0.25) is 0 Å². The van der Waals surface area contributed by atoms with Crippen LogP contribution in [0.2, 0.25) is 0 Å². The molecule has 0 aromatic heterocycles. The van der Waals surface area contributed by atoms with E-state index < -0.39 is 0 Å². The van der Waals surface area contributed by atoms with Crippen LogP contribution in [0.3, 0.4) is 0 Å². The Morgan fingerprint density at radius 1 is 0.957 bits per heavy atom. The van der Waals surface area contributed by atoms with Crippen LogP contribution >= 0.6 is 12.2 Å². The normalized spacial score (nSPS) is 12.0. The van der Waals surface area contributed by atoms with E-state index in [2.05, 4.69) is 79.3 Å². The summed E-state index contributed by atoms with van der Waals surface area (Å²) in [5, 5.41) is 7.36. The molecule has 0 aliphatic rings. The topological polar surface area (TPSA) is 28.5 Å². The van der Waals surface area contributed by atoms with Crippen molar-refractivity contribution in [2.45, 2.75) is 12.5 Å². The lowest BCUT2D eigenvalue weighted by molar-refractivity contribution is -0.890. The average Bonchev–Trinajstić information content (AvgIpc) is 2.57. The first-order valence-corrected chi connectivity index (χ1v) is 8.48. The van der Waals surface area contributed by atoms with Crippen LogP contribution < -0.4 is 15.5 Å². The third-order valence-electron chi connectivity index (χ3n) is 3.91. The molecule has 2 aromatic rings. The van der Waals surface area contributed by atoms with Gasteiger partial charge >= 0.3 is 0 Å². The Labute approximate surface area is 144 Å². The zero-order valence-corrected chi connectivity index (χ0v) is 14.7. The Kier molecular flexibility index (Phi) is 7.04. The molecule has 0 aliphatic heterocycles. The average molecular weight is 329 g/mol. The summed E-state index contributed by atoms with van der Waals surface area (Å²) in [7, 11) is 4.34. The van der Waals surface area contributed by atoms with E-state index in [4.69, 9.17) is 12.2 Å². The number of hydrogen-bond donors (Lipinski definition) is 3. The maximum atomic E-state index is 5.39. The van der Waals surface area contributed by atoms with Gasteiger partial charge in [-0.15, -0.1) is 0 Å². The van der Waals surface area contributed by atoms with Gasteiger partial charge in [-0.25, -0.2) is 0 Å². The smallest absolute Gasteiger partial charge is 0.166 e. The van der Waals surface area contributed by atoms with Crippen LogP contribution in [-0.4, -0.2) is 32.3 Å². The molecule has 0 radical (unpaired) electrons. The fourth-order valence-electron chi connectivity index (χ4n) is 2.56. The predicted molar refractivity (Wildman–Crippen MR) is 101 cm³/mol. The van der Waals surface area contributed by atoms with Crippen LogP contribution in [0.4, 0.5) is 0 Å². The minimum absolute atomic E-state index is 0.380. The second kappa shape index (κ2) is 9.28. The monoisotopic (exact) mass is 328 g/mol. The van der Waals surface area contributed by atoms with Crippen molar-refractivity contribution >= 4 is 17.3 Å². The number of nitrogens with one attached hydrogen (secondary N) is 3. The zero-order chi connectivity index (χ0) is 16.5. The van der Waals surface area contributed by atoms with Crippen LogP contribution in [-0.2, 0) is 6.42 Å². The molecule has 0 heterocycles. The quantitative estimate of drug-likeness (QED) is 0.674. The molecule has 0 aliphatic carbocycles. The van der Waals surface area contributed by atoms with Gasteiger partial charge in [-0.1, -0.05) is 60.7 Å². The number of rotatable bonds is 7. The third kappa shape index (κ3) is 6.00. The lowest BCUT2D eigenvalue weighted by atomic mass is 10.1. The van der Waals surface area contributed by atoms with Gasteiger partial charge in [-0.2, -0.15) is 0 Å². The van der Waals surface area contributed by atoms with Gasteiger partial charge in [0, 0.05) is 12.1 Å². The first kappa shape index (κ1) is 17.4. The highest BCUT2D eigenvalue weighted by Gasteiger charge is 2.17. The van der Waals surface area contributed by atoms with E-state index in [0.29, 0.717) is 6.04 Å². The van der Waals surface area contributed by atoms with Crippen molar-refractivity contribution in [3.63, 3.8) is 0 Å². The first-order valence-electron chi connectivity index (χ1n) is 8.07. The number of likely N-dealkylation sites (N-methyl/N-ethyl adjacent to an activating group) is 1. The van der Waals surface area contributed by atoms with Gasteiger partial charge in [0.2, 0.25) is 0 Å². The fourth-order valence-corrected chi connectivity index (χ4v) is 2.75. The van der Waals surface area contributed by atoms with Crippen molar-refractivity contribution in [3.05, 3.63) is 71.8 Å². The fraction of sp³-hybridized carbons (Fsp3) is 0.316.